The number of carbonyl (C=O) groups excluding carboxylic acids is 2. The first-order valence-corrected chi connectivity index (χ1v) is 14.8. The molecule has 11 nitrogen and oxygen atoms in total. The lowest BCUT2D eigenvalue weighted by Gasteiger charge is -2.16. The SMILES string of the molecule is CC(C)/C=C/CNC(=O)COCCO[C@H](COc1cccc(NC(=O)CCOCCOCCNC(C)C)c1)SC#N. The van der Waals surface area contributed by atoms with Gasteiger partial charge in [-0.15, -0.1) is 0 Å². The quantitative estimate of drug-likeness (QED) is 0.0707. The van der Waals surface area contributed by atoms with Crippen molar-refractivity contribution >= 4 is 29.3 Å². The molecule has 2 amide bonds. The second kappa shape index (κ2) is 24.0. The number of nitrogens with one attached hydrogen (secondary N) is 3. The first-order valence-electron chi connectivity index (χ1n) is 13.9. The maximum atomic E-state index is 12.2. The zero-order valence-corrected chi connectivity index (χ0v) is 25.5. The number of thioether (sulfide) groups is 1. The molecule has 0 fully saturated rings. The summed E-state index contributed by atoms with van der Waals surface area (Å²) in [4.78, 5) is 24.0. The smallest absolute Gasteiger partial charge is 0.246 e. The largest absolute Gasteiger partial charge is 0.490 e. The molecule has 0 saturated heterocycles. The van der Waals surface area contributed by atoms with E-state index in [1.807, 2.05) is 17.6 Å². The van der Waals surface area contributed by atoms with Gasteiger partial charge in [-0.2, -0.15) is 5.26 Å². The molecule has 1 rings (SSSR count). The number of benzene rings is 1. The van der Waals surface area contributed by atoms with E-state index in [2.05, 4.69) is 43.6 Å². The lowest BCUT2D eigenvalue weighted by molar-refractivity contribution is -0.126. The first-order chi connectivity index (χ1) is 19.8. The molecular formula is C29H46N4O7S. The Labute approximate surface area is 248 Å². The summed E-state index contributed by atoms with van der Waals surface area (Å²) in [5, 5.41) is 19.9. The van der Waals surface area contributed by atoms with Crippen LogP contribution < -0.4 is 20.7 Å². The Bertz CT molecular complexity index is 925. The zero-order chi connectivity index (χ0) is 30.1. The van der Waals surface area contributed by atoms with Gasteiger partial charge < -0.3 is 39.6 Å². The molecule has 0 bridgehead atoms. The molecule has 0 heterocycles. The molecule has 0 aliphatic rings. The predicted octanol–water partition coefficient (Wildman–Crippen LogP) is 3.33. The van der Waals surface area contributed by atoms with E-state index in [0.29, 0.717) is 56.4 Å². The number of amides is 2. The second-order valence-corrected chi connectivity index (χ2v) is 10.5. The van der Waals surface area contributed by atoms with Gasteiger partial charge in [0.2, 0.25) is 11.8 Å². The molecule has 41 heavy (non-hydrogen) atoms. The van der Waals surface area contributed by atoms with Crippen LogP contribution in [-0.4, -0.2) is 89.2 Å². The fourth-order valence-corrected chi connectivity index (χ4v) is 3.52. The van der Waals surface area contributed by atoms with Crippen LogP contribution in [0.25, 0.3) is 0 Å². The topological polar surface area (TPSA) is 140 Å². The number of carbonyl (C=O) groups is 2. The van der Waals surface area contributed by atoms with Crippen LogP contribution in [-0.2, 0) is 28.5 Å². The minimum absolute atomic E-state index is 0.0685. The van der Waals surface area contributed by atoms with E-state index >= 15 is 0 Å². The van der Waals surface area contributed by atoms with Crippen molar-refractivity contribution < 1.29 is 33.3 Å². The fraction of sp³-hybridized carbons (Fsp3) is 0.621. The van der Waals surface area contributed by atoms with Gasteiger partial charge >= 0.3 is 0 Å². The average molecular weight is 595 g/mol. The van der Waals surface area contributed by atoms with Crippen molar-refractivity contribution in [1.29, 1.82) is 5.26 Å². The third-order valence-electron chi connectivity index (χ3n) is 5.04. The van der Waals surface area contributed by atoms with E-state index in [1.165, 1.54) is 0 Å². The van der Waals surface area contributed by atoms with E-state index in [-0.39, 0.29) is 44.7 Å². The fourth-order valence-electron chi connectivity index (χ4n) is 3.10. The summed E-state index contributed by atoms with van der Waals surface area (Å²) in [7, 11) is 0. The van der Waals surface area contributed by atoms with Crippen molar-refractivity contribution in [1.82, 2.24) is 10.6 Å². The van der Waals surface area contributed by atoms with Crippen molar-refractivity contribution in [2.75, 3.05) is 71.3 Å². The maximum absolute atomic E-state index is 12.2. The van der Waals surface area contributed by atoms with E-state index in [9.17, 15) is 9.59 Å². The summed E-state index contributed by atoms with van der Waals surface area (Å²) >= 11 is 0.930. The van der Waals surface area contributed by atoms with Crippen molar-refractivity contribution in [3.63, 3.8) is 0 Å². The van der Waals surface area contributed by atoms with Crippen LogP contribution in [0.4, 0.5) is 5.69 Å². The van der Waals surface area contributed by atoms with Crippen molar-refractivity contribution in [2.24, 2.45) is 5.92 Å². The summed E-state index contributed by atoms with van der Waals surface area (Å²) < 4.78 is 27.7. The minimum atomic E-state index is -0.551. The van der Waals surface area contributed by atoms with E-state index in [0.717, 1.165) is 18.3 Å². The Balaban J connectivity index is 2.24. The Morgan fingerprint density at radius 1 is 1.00 bits per heavy atom. The van der Waals surface area contributed by atoms with Crippen LogP contribution in [0.1, 0.15) is 34.1 Å². The highest BCUT2D eigenvalue weighted by Gasteiger charge is 2.12. The summed E-state index contributed by atoms with van der Waals surface area (Å²) in [6.45, 7) is 11.8. The molecule has 0 aliphatic heterocycles. The van der Waals surface area contributed by atoms with Gasteiger partial charge in [0.05, 0.1) is 46.1 Å². The number of nitrogens with zero attached hydrogens (tertiary/aromatic N) is 1. The number of hydrogen-bond acceptors (Lipinski definition) is 10. The maximum Gasteiger partial charge on any atom is 0.246 e. The third-order valence-corrected chi connectivity index (χ3v) is 5.68. The predicted molar refractivity (Wildman–Crippen MR) is 161 cm³/mol. The molecular weight excluding hydrogens is 548 g/mol. The van der Waals surface area contributed by atoms with Gasteiger partial charge in [-0.1, -0.05) is 45.9 Å². The monoisotopic (exact) mass is 594 g/mol. The van der Waals surface area contributed by atoms with E-state index < -0.39 is 5.44 Å². The Hall–Kier alpha value is -2.66. The molecule has 0 aliphatic carbocycles. The second-order valence-electron chi connectivity index (χ2n) is 9.51. The highest BCUT2D eigenvalue weighted by molar-refractivity contribution is 8.04. The van der Waals surface area contributed by atoms with E-state index in [1.54, 1.807) is 24.3 Å². The van der Waals surface area contributed by atoms with Crippen molar-refractivity contribution in [3.05, 3.63) is 36.4 Å². The minimum Gasteiger partial charge on any atom is -0.490 e. The van der Waals surface area contributed by atoms with Crippen molar-refractivity contribution in [2.45, 2.75) is 45.6 Å². The Morgan fingerprint density at radius 3 is 2.49 bits per heavy atom. The lowest BCUT2D eigenvalue weighted by Crippen LogP contribution is -2.28. The lowest BCUT2D eigenvalue weighted by atomic mass is 10.2. The summed E-state index contributed by atoms with van der Waals surface area (Å²) in [6.07, 6.45) is 4.13. The van der Waals surface area contributed by atoms with Gasteiger partial charge in [-0.25, -0.2) is 0 Å². The number of anilines is 1. The molecule has 0 saturated carbocycles. The van der Waals surface area contributed by atoms with Gasteiger partial charge in [-0.3, -0.25) is 9.59 Å². The molecule has 0 unspecified atom stereocenters. The van der Waals surface area contributed by atoms with Gasteiger partial charge in [-0.05, 0) is 29.8 Å². The molecule has 0 radical (unpaired) electrons. The number of nitriles is 1. The molecule has 3 N–H and O–H groups in total. The summed E-state index contributed by atoms with van der Waals surface area (Å²) in [5.41, 5.74) is 0.0368. The van der Waals surface area contributed by atoms with Gasteiger partial charge in [0.15, 0.2) is 5.44 Å². The third kappa shape index (κ3) is 21.7. The molecule has 0 spiro atoms. The van der Waals surface area contributed by atoms with E-state index in [4.69, 9.17) is 28.9 Å². The standard InChI is InChI=1S/C29H46N4O7S/c1-23(2)7-6-11-32-28(35)20-38-17-18-39-29(41-22-30)21-40-26-9-5-8-25(19-26)33-27(34)10-13-36-15-16-37-14-12-31-24(3)4/h5-9,19,23-24,29,31H,10-18,20-21H2,1-4H3,(H,32,35)(H,33,34)/b7-6+/t29-/m0/s1. The highest BCUT2D eigenvalue weighted by atomic mass is 32.2. The number of ether oxygens (including phenoxy) is 5. The van der Waals surface area contributed by atoms with Gasteiger partial charge in [0, 0.05) is 30.9 Å². The molecule has 12 heteroatoms. The molecule has 1 aromatic carbocycles. The Kier molecular flexibility index (Phi) is 21.3. The van der Waals surface area contributed by atoms with Crippen LogP contribution in [0.2, 0.25) is 0 Å². The summed E-state index contributed by atoms with van der Waals surface area (Å²) in [6, 6.07) is 7.40. The molecule has 1 atom stereocenters. The van der Waals surface area contributed by atoms with Crippen LogP contribution in [0.5, 0.6) is 5.75 Å². The number of allylic oxidation sites excluding steroid dienone is 1. The normalized spacial score (nSPS) is 12.0. The molecule has 0 aromatic heterocycles. The number of thiocyanates is 1. The average Bonchev–Trinajstić information content (AvgIpc) is 2.92. The van der Waals surface area contributed by atoms with Crippen molar-refractivity contribution in [3.8, 4) is 11.2 Å². The number of rotatable bonds is 24. The van der Waals surface area contributed by atoms with Gasteiger partial charge in [0.1, 0.15) is 24.4 Å². The first kappa shape index (κ1) is 36.4. The zero-order valence-electron chi connectivity index (χ0n) is 24.7. The Morgan fingerprint density at radius 2 is 1.76 bits per heavy atom. The number of hydrogen-bond donors (Lipinski definition) is 3. The summed E-state index contributed by atoms with van der Waals surface area (Å²) in [5.74, 6) is 0.572. The highest BCUT2D eigenvalue weighted by Crippen LogP contribution is 2.20. The molecule has 230 valence electrons. The van der Waals surface area contributed by atoms with Crippen LogP contribution in [0.15, 0.2) is 36.4 Å². The van der Waals surface area contributed by atoms with Crippen LogP contribution >= 0.6 is 11.8 Å². The van der Waals surface area contributed by atoms with Gasteiger partial charge in [0.25, 0.3) is 0 Å². The molecule has 1 aromatic rings. The van der Waals surface area contributed by atoms with Crippen LogP contribution in [0, 0.1) is 16.6 Å². The van der Waals surface area contributed by atoms with Crippen LogP contribution in [0.3, 0.4) is 0 Å².